The van der Waals surface area contributed by atoms with E-state index in [1.807, 2.05) is 48.5 Å². The molecule has 0 spiro atoms. The Kier molecular flexibility index (Phi) is 6.99. The Bertz CT molecular complexity index is 1060. The fourth-order valence-electron chi connectivity index (χ4n) is 3.39. The van der Waals surface area contributed by atoms with E-state index in [1.165, 1.54) is 30.6 Å². The van der Waals surface area contributed by atoms with E-state index in [1.54, 1.807) is 6.20 Å². The van der Waals surface area contributed by atoms with Gasteiger partial charge in [-0.1, -0.05) is 59.9 Å². The van der Waals surface area contributed by atoms with Crippen molar-refractivity contribution in [3.63, 3.8) is 0 Å². The number of nitrogens with zero attached hydrogens (tertiary/aromatic N) is 1. The summed E-state index contributed by atoms with van der Waals surface area (Å²) in [6, 6.07) is 15.3. The molecule has 31 heavy (non-hydrogen) atoms. The van der Waals surface area contributed by atoms with Crippen molar-refractivity contribution < 1.29 is 19.1 Å². The first-order valence-electron chi connectivity index (χ1n) is 9.63. The number of Topliss-reactive ketones (excluding diaryl/α,β-unsaturated/α-hetero) is 2. The van der Waals surface area contributed by atoms with Crippen molar-refractivity contribution in [3.8, 4) is 0 Å². The van der Waals surface area contributed by atoms with Gasteiger partial charge in [-0.25, -0.2) is 4.79 Å². The molecular weight excluding hydrogens is 450 g/mol. The summed E-state index contributed by atoms with van der Waals surface area (Å²) in [7, 11) is 1.33. The molecule has 1 saturated carbocycles. The summed E-state index contributed by atoms with van der Waals surface area (Å²) in [6.07, 6.45) is 2.30. The molecule has 158 valence electrons. The van der Waals surface area contributed by atoms with Crippen LogP contribution >= 0.6 is 35.3 Å². The van der Waals surface area contributed by atoms with Crippen LogP contribution in [0.4, 0.5) is 0 Å². The van der Waals surface area contributed by atoms with Crippen molar-refractivity contribution in [1.82, 2.24) is 4.98 Å². The number of esters is 1. The first-order chi connectivity index (χ1) is 15.1. The van der Waals surface area contributed by atoms with Gasteiger partial charge in [-0.05, 0) is 23.6 Å². The number of pyridine rings is 1. The molecule has 5 nitrogen and oxygen atoms in total. The molecule has 0 bridgehead atoms. The number of hydrogen-bond acceptors (Lipinski definition) is 8. The number of thioether (sulfide) groups is 3. The Labute approximate surface area is 193 Å². The van der Waals surface area contributed by atoms with Crippen LogP contribution in [0.2, 0.25) is 0 Å². The van der Waals surface area contributed by atoms with Gasteiger partial charge in [0, 0.05) is 24.8 Å². The number of ether oxygens (including phenoxy) is 1. The first kappa shape index (κ1) is 21.9. The summed E-state index contributed by atoms with van der Waals surface area (Å²) in [5.74, 6) is -0.326. The number of carbonyl (C=O) groups excluding carboxylic acids is 3. The molecule has 1 fully saturated rings. The highest BCUT2D eigenvalue weighted by atomic mass is 32.2. The molecule has 1 aromatic heterocycles. The minimum absolute atomic E-state index is 0.104. The van der Waals surface area contributed by atoms with Crippen molar-refractivity contribution in [2.75, 3.05) is 7.11 Å². The average molecular weight is 470 g/mol. The van der Waals surface area contributed by atoms with Crippen LogP contribution in [0, 0.1) is 0 Å². The second-order valence-electron chi connectivity index (χ2n) is 6.95. The maximum Gasteiger partial charge on any atom is 0.346 e. The third kappa shape index (κ3) is 4.97. The van der Waals surface area contributed by atoms with Crippen molar-refractivity contribution in [1.29, 1.82) is 0 Å². The summed E-state index contributed by atoms with van der Waals surface area (Å²) < 4.78 is 6.23. The molecule has 0 amide bonds. The van der Waals surface area contributed by atoms with E-state index in [2.05, 4.69) is 4.98 Å². The molecule has 1 aliphatic carbocycles. The van der Waals surface area contributed by atoms with Crippen molar-refractivity contribution in [3.05, 3.63) is 84.9 Å². The first-order valence-corrected chi connectivity index (χ1v) is 12.2. The van der Waals surface area contributed by atoms with Gasteiger partial charge in [-0.15, -0.1) is 11.8 Å². The SMILES string of the molecule is COC(=O)C1=C(SCc2ccccn2)SC(=C2C(=O)CC(c3ccccc3)CC2=O)S1. The van der Waals surface area contributed by atoms with E-state index in [0.717, 1.165) is 27.3 Å². The smallest absolute Gasteiger partial charge is 0.346 e. The van der Waals surface area contributed by atoms with E-state index in [0.29, 0.717) is 27.7 Å². The lowest BCUT2D eigenvalue weighted by Crippen LogP contribution is -2.25. The molecule has 2 aliphatic rings. The molecule has 4 rings (SSSR count). The number of benzene rings is 1. The van der Waals surface area contributed by atoms with Gasteiger partial charge >= 0.3 is 5.97 Å². The van der Waals surface area contributed by atoms with Crippen molar-refractivity contribution in [2.24, 2.45) is 0 Å². The monoisotopic (exact) mass is 469 g/mol. The predicted octanol–water partition coefficient (Wildman–Crippen LogP) is 5.06. The van der Waals surface area contributed by atoms with Gasteiger partial charge in [-0.2, -0.15) is 0 Å². The van der Waals surface area contributed by atoms with Crippen LogP contribution in [-0.2, 0) is 24.9 Å². The van der Waals surface area contributed by atoms with Crippen LogP contribution in [0.3, 0.4) is 0 Å². The van der Waals surface area contributed by atoms with Crippen LogP contribution in [0.5, 0.6) is 0 Å². The van der Waals surface area contributed by atoms with E-state index >= 15 is 0 Å². The van der Waals surface area contributed by atoms with Crippen LogP contribution < -0.4 is 0 Å². The Morgan fingerprint density at radius 1 is 1.06 bits per heavy atom. The molecule has 0 atom stereocenters. The second kappa shape index (κ2) is 9.89. The molecule has 2 aromatic rings. The molecule has 2 heterocycles. The molecule has 0 N–H and O–H groups in total. The van der Waals surface area contributed by atoms with E-state index in [4.69, 9.17) is 4.74 Å². The standard InChI is InChI=1S/C23H19NO4S3/c1-28-21(27)20-23(29-13-16-9-5-6-10-24-16)31-22(30-20)19-17(25)11-15(12-18(19)26)14-7-3-2-4-8-14/h2-10,15H,11-13H2,1H3. The van der Waals surface area contributed by atoms with Crippen LogP contribution in [0.25, 0.3) is 0 Å². The fraction of sp³-hybridized carbons (Fsp3) is 0.217. The molecule has 1 aliphatic heterocycles. The third-order valence-electron chi connectivity index (χ3n) is 4.91. The van der Waals surface area contributed by atoms with Crippen LogP contribution in [-0.4, -0.2) is 29.6 Å². The molecule has 0 radical (unpaired) electrons. The normalized spacial score (nSPS) is 19.2. The topological polar surface area (TPSA) is 73.3 Å². The lowest BCUT2D eigenvalue weighted by Gasteiger charge is -2.23. The Hall–Kier alpha value is -2.29. The number of allylic oxidation sites excluding steroid dienone is 1. The molecule has 0 unspecified atom stereocenters. The molecule has 1 aromatic carbocycles. The zero-order chi connectivity index (χ0) is 21.8. The van der Waals surface area contributed by atoms with Gasteiger partial charge in [0.2, 0.25) is 0 Å². The van der Waals surface area contributed by atoms with Gasteiger partial charge in [0.05, 0.1) is 26.9 Å². The zero-order valence-corrected chi connectivity index (χ0v) is 19.1. The van der Waals surface area contributed by atoms with Gasteiger partial charge in [0.25, 0.3) is 0 Å². The maximum absolute atomic E-state index is 13.0. The highest BCUT2D eigenvalue weighted by Crippen LogP contribution is 2.56. The highest BCUT2D eigenvalue weighted by Gasteiger charge is 2.38. The third-order valence-corrected chi connectivity index (χ3v) is 8.92. The zero-order valence-electron chi connectivity index (χ0n) is 16.7. The quantitative estimate of drug-likeness (QED) is 0.342. The lowest BCUT2D eigenvalue weighted by atomic mass is 9.80. The van der Waals surface area contributed by atoms with Crippen LogP contribution in [0.1, 0.15) is 30.0 Å². The largest absolute Gasteiger partial charge is 0.465 e. The van der Waals surface area contributed by atoms with Crippen LogP contribution in [0.15, 0.2) is 73.7 Å². The second-order valence-corrected chi connectivity index (χ2v) is 10.5. The van der Waals surface area contributed by atoms with Gasteiger partial charge in [-0.3, -0.25) is 14.6 Å². The number of methoxy groups -OCH3 is 1. The Morgan fingerprint density at radius 2 is 1.77 bits per heavy atom. The summed E-state index contributed by atoms with van der Waals surface area (Å²) in [5.41, 5.74) is 2.10. The van der Waals surface area contributed by atoms with Gasteiger partial charge in [0.15, 0.2) is 11.6 Å². The minimum atomic E-state index is -0.463. The average Bonchev–Trinajstić information content (AvgIpc) is 3.21. The van der Waals surface area contributed by atoms with E-state index in [-0.39, 0.29) is 23.1 Å². The van der Waals surface area contributed by atoms with Gasteiger partial charge < -0.3 is 4.74 Å². The number of rotatable bonds is 5. The number of carbonyl (C=O) groups is 3. The van der Waals surface area contributed by atoms with Gasteiger partial charge in [0.1, 0.15) is 4.91 Å². The number of ketones is 2. The molecule has 0 saturated heterocycles. The Balaban J connectivity index is 1.55. The number of hydrogen-bond donors (Lipinski definition) is 0. The molecular formula is C23H19NO4S3. The number of aromatic nitrogens is 1. The van der Waals surface area contributed by atoms with Crippen molar-refractivity contribution in [2.45, 2.75) is 24.5 Å². The van der Waals surface area contributed by atoms with Crippen molar-refractivity contribution >= 4 is 52.8 Å². The van der Waals surface area contributed by atoms with E-state index < -0.39 is 5.97 Å². The predicted molar refractivity (Wildman–Crippen MR) is 125 cm³/mol. The fourth-order valence-corrected chi connectivity index (χ4v) is 7.53. The highest BCUT2D eigenvalue weighted by molar-refractivity contribution is 8.36. The Morgan fingerprint density at radius 3 is 2.42 bits per heavy atom. The summed E-state index contributed by atoms with van der Waals surface area (Å²) in [4.78, 5) is 43.0. The summed E-state index contributed by atoms with van der Waals surface area (Å²) >= 11 is 3.93. The van der Waals surface area contributed by atoms with E-state index in [9.17, 15) is 14.4 Å². The minimum Gasteiger partial charge on any atom is -0.465 e. The summed E-state index contributed by atoms with van der Waals surface area (Å²) in [6.45, 7) is 0. The maximum atomic E-state index is 13.0. The summed E-state index contributed by atoms with van der Waals surface area (Å²) in [5, 5.41) is 0. The molecule has 8 heteroatoms. The lowest BCUT2D eigenvalue weighted by molar-refractivity contribution is -0.135.